The van der Waals surface area contributed by atoms with Crippen molar-refractivity contribution in [3.63, 3.8) is 0 Å². The van der Waals surface area contributed by atoms with Crippen LogP contribution in [-0.2, 0) is 4.79 Å². The van der Waals surface area contributed by atoms with E-state index < -0.39 is 4.92 Å². The number of pyridine rings is 1. The molecule has 102 valence electrons. The van der Waals surface area contributed by atoms with Crippen molar-refractivity contribution < 1.29 is 9.72 Å². The summed E-state index contributed by atoms with van der Waals surface area (Å²) in [5.74, 6) is -0.247. The van der Waals surface area contributed by atoms with Crippen LogP contribution in [0.15, 0.2) is 48.8 Å². The smallest absolute Gasteiger partial charge is 0.271 e. The summed E-state index contributed by atoms with van der Waals surface area (Å²) < 4.78 is 0. The number of anilines is 2. The molecule has 1 heterocycles. The fraction of sp³-hybridized carbons (Fsp3) is 0.0769. The zero-order valence-corrected chi connectivity index (χ0v) is 10.4. The summed E-state index contributed by atoms with van der Waals surface area (Å²) in [4.78, 5) is 25.7. The van der Waals surface area contributed by atoms with E-state index in [9.17, 15) is 14.9 Å². The normalized spacial score (nSPS) is 9.80. The standard InChI is InChI=1S/C13H12N4O3/c18-13(16-10-4-6-14-7-5-10)9-15-11-2-1-3-12(8-11)17(19)20/h1-8,15H,9H2,(H,14,16,18). The van der Waals surface area contributed by atoms with Gasteiger partial charge in [-0.25, -0.2) is 0 Å². The van der Waals surface area contributed by atoms with Gasteiger partial charge in [0.25, 0.3) is 5.69 Å². The summed E-state index contributed by atoms with van der Waals surface area (Å²) >= 11 is 0. The third-order valence-electron chi connectivity index (χ3n) is 2.47. The van der Waals surface area contributed by atoms with Crippen LogP contribution in [0.5, 0.6) is 0 Å². The van der Waals surface area contributed by atoms with Crippen molar-refractivity contribution in [3.8, 4) is 0 Å². The summed E-state index contributed by atoms with van der Waals surface area (Å²) in [6.45, 7) is 0.0174. The number of nitrogens with zero attached hydrogens (tertiary/aromatic N) is 2. The molecule has 2 aromatic rings. The molecule has 0 unspecified atom stereocenters. The maximum Gasteiger partial charge on any atom is 0.271 e. The first-order valence-corrected chi connectivity index (χ1v) is 5.83. The van der Waals surface area contributed by atoms with Crippen molar-refractivity contribution in [2.24, 2.45) is 0 Å². The highest BCUT2D eigenvalue weighted by Gasteiger charge is 2.06. The molecule has 0 saturated heterocycles. The molecule has 0 fully saturated rings. The average molecular weight is 272 g/mol. The van der Waals surface area contributed by atoms with Gasteiger partial charge in [-0.3, -0.25) is 19.9 Å². The van der Waals surface area contributed by atoms with Crippen molar-refractivity contribution in [3.05, 3.63) is 58.9 Å². The van der Waals surface area contributed by atoms with Gasteiger partial charge in [0, 0.05) is 35.9 Å². The number of hydrogen-bond acceptors (Lipinski definition) is 5. The summed E-state index contributed by atoms with van der Waals surface area (Å²) in [6.07, 6.45) is 3.15. The molecule has 7 heteroatoms. The van der Waals surface area contributed by atoms with E-state index in [2.05, 4.69) is 15.6 Å². The molecule has 0 bridgehead atoms. The molecule has 0 spiro atoms. The third kappa shape index (κ3) is 3.77. The molecule has 0 aliphatic carbocycles. The van der Waals surface area contributed by atoms with Crippen LogP contribution >= 0.6 is 0 Å². The number of rotatable bonds is 5. The Bertz CT molecular complexity index is 616. The first kappa shape index (κ1) is 13.5. The number of carbonyl (C=O) groups excluding carboxylic acids is 1. The van der Waals surface area contributed by atoms with Crippen molar-refractivity contribution in [2.45, 2.75) is 0 Å². The van der Waals surface area contributed by atoms with E-state index in [-0.39, 0.29) is 18.1 Å². The van der Waals surface area contributed by atoms with Gasteiger partial charge in [-0.2, -0.15) is 0 Å². The molecule has 1 aromatic heterocycles. The molecule has 0 saturated carbocycles. The van der Waals surface area contributed by atoms with Gasteiger partial charge in [0.05, 0.1) is 11.5 Å². The van der Waals surface area contributed by atoms with Gasteiger partial charge < -0.3 is 10.6 Å². The minimum atomic E-state index is -0.484. The molecule has 0 radical (unpaired) electrons. The van der Waals surface area contributed by atoms with Gasteiger partial charge in [0.2, 0.25) is 5.91 Å². The quantitative estimate of drug-likeness (QED) is 0.641. The molecule has 20 heavy (non-hydrogen) atoms. The number of nitrogens with one attached hydrogen (secondary N) is 2. The van der Waals surface area contributed by atoms with E-state index in [0.29, 0.717) is 11.4 Å². The van der Waals surface area contributed by atoms with Crippen LogP contribution in [0.4, 0.5) is 17.1 Å². The Morgan fingerprint density at radius 3 is 2.65 bits per heavy atom. The molecule has 0 aliphatic heterocycles. The molecular weight excluding hydrogens is 260 g/mol. The maximum absolute atomic E-state index is 11.7. The SMILES string of the molecule is O=C(CNc1cccc([N+](=O)[O-])c1)Nc1ccncc1. The van der Waals surface area contributed by atoms with Crippen molar-refractivity contribution in [1.29, 1.82) is 0 Å². The van der Waals surface area contributed by atoms with Crippen LogP contribution < -0.4 is 10.6 Å². The van der Waals surface area contributed by atoms with E-state index in [1.54, 1.807) is 36.7 Å². The van der Waals surface area contributed by atoms with Crippen molar-refractivity contribution >= 4 is 23.0 Å². The monoisotopic (exact) mass is 272 g/mol. The minimum absolute atomic E-state index is 0.0174. The second kappa shape index (κ2) is 6.28. The van der Waals surface area contributed by atoms with Crippen molar-refractivity contribution in [1.82, 2.24) is 4.98 Å². The van der Waals surface area contributed by atoms with Crippen molar-refractivity contribution in [2.75, 3.05) is 17.2 Å². The summed E-state index contributed by atoms with van der Waals surface area (Å²) in [7, 11) is 0. The molecule has 1 aromatic carbocycles. The Kier molecular flexibility index (Phi) is 4.23. The minimum Gasteiger partial charge on any atom is -0.376 e. The molecule has 2 N–H and O–H groups in total. The third-order valence-corrected chi connectivity index (χ3v) is 2.47. The highest BCUT2D eigenvalue weighted by atomic mass is 16.6. The van der Waals surface area contributed by atoms with Crippen LogP contribution in [0.1, 0.15) is 0 Å². The molecule has 7 nitrogen and oxygen atoms in total. The summed E-state index contributed by atoms with van der Waals surface area (Å²) in [5.41, 5.74) is 1.14. The zero-order chi connectivity index (χ0) is 14.4. The van der Waals surface area contributed by atoms with Gasteiger partial charge in [-0.15, -0.1) is 0 Å². The van der Waals surface area contributed by atoms with Gasteiger partial charge in [-0.05, 0) is 18.2 Å². The lowest BCUT2D eigenvalue weighted by Crippen LogP contribution is -2.21. The first-order chi connectivity index (χ1) is 9.65. The maximum atomic E-state index is 11.7. The van der Waals surface area contributed by atoms with E-state index >= 15 is 0 Å². The van der Waals surface area contributed by atoms with Crippen LogP contribution in [0, 0.1) is 10.1 Å². The van der Waals surface area contributed by atoms with Gasteiger partial charge >= 0.3 is 0 Å². The van der Waals surface area contributed by atoms with E-state index in [4.69, 9.17) is 0 Å². The average Bonchev–Trinajstić information content (AvgIpc) is 2.46. The Labute approximate surface area is 114 Å². The number of amides is 1. The number of aromatic nitrogens is 1. The van der Waals surface area contributed by atoms with E-state index in [0.717, 1.165) is 0 Å². The number of hydrogen-bond donors (Lipinski definition) is 2. The molecule has 0 atom stereocenters. The van der Waals surface area contributed by atoms with Crippen LogP contribution in [0.2, 0.25) is 0 Å². The second-order valence-electron chi connectivity index (χ2n) is 3.95. The Hall–Kier alpha value is -2.96. The zero-order valence-electron chi connectivity index (χ0n) is 10.4. The number of carbonyl (C=O) groups is 1. The lowest BCUT2D eigenvalue weighted by atomic mass is 10.3. The summed E-state index contributed by atoms with van der Waals surface area (Å²) in [6, 6.07) is 9.33. The Morgan fingerprint density at radius 2 is 1.95 bits per heavy atom. The fourth-order valence-electron chi connectivity index (χ4n) is 1.55. The largest absolute Gasteiger partial charge is 0.376 e. The number of non-ortho nitro benzene ring substituents is 1. The molecule has 2 rings (SSSR count). The summed E-state index contributed by atoms with van der Waals surface area (Å²) in [5, 5.41) is 16.1. The molecule has 1 amide bonds. The lowest BCUT2D eigenvalue weighted by molar-refractivity contribution is -0.384. The number of benzene rings is 1. The fourth-order valence-corrected chi connectivity index (χ4v) is 1.55. The van der Waals surface area contributed by atoms with Crippen LogP contribution in [0.25, 0.3) is 0 Å². The highest BCUT2D eigenvalue weighted by Crippen LogP contribution is 2.16. The molecular formula is C13H12N4O3. The predicted molar refractivity (Wildman–Crippen MR) is 74.5 cm³/mol. The van der Waals surface area contributed by atoms with E-state index in [1.165, 1.54) is 12.1 Å². The van der Waals surface area contributed by atoms with Gasteiger partial charge in [-0.1, -0.05) is 6.07 Å². The van der Waals surface area contributed by atoms with Crippen LogP contribution in [-0.4, -0.2) is 22.4 Å². The first-order valence-electron chi connectivity index (χ1n) is 5.83. The second-order valence-corrected chi connectivity index (χ2v) is 3.95. The number of nitro benzene ring substituents is 1. The van der Waals surface area contributed by atoms with Gasteiger partial charge in [0.1, 0.15) is 0 Å². The lowest BCUT2D eigenvalue weighted by Gasteiger charge is -2.07. The van der Waals surface area contributed by atoms with Crippen LogP contribution in [0.3, 0.4) is 0 Å². The number of nitro groups is 1. The Morgan fingerprint density at radius 1 is 1.20 bits per heavy atom. The Balaban J connectivity index is 1.90. The topological polar surface area (TPSA) is 97.2 Å². The van der Waals surface area contributed by atoms with E-state index in [1.807, 2.05) is 0 Å². The predicted octanol–water partition coefficient (Wildman–Crippen LogP) is 2.04. The highest BCUT2D eigenvalue weighted by molar-refractivity contribution is 5.93. The molecule has 0 aliphatic rings. The van der Waals surface area contributed by atoms with Gasteiger partial charge in [0.15, 0.2) is 0 Å².